The zero-order valence-electron chi connectivity index (χ0n) is 12.8. The Labute approximate surface area is 128 Å². The third-order valence-electron chi connectivity index (χ3n) is 4.63. The lowest BCUT2D eigenvalue weighted by molar-refractivity contribution is 0.0790. The second kappa shape index (κ2) is 7.25. The number of benzene rings is 1. The van der Waals surface area contributed by atoms with Crippen LogP contribution in [0.15, 0.2) is 30.3 Å². The molecular weight excluding hydrogens is 262 g/mol. The average molecular weight is 289 g/mol. The van der Waals surface area contributed by atoms with Gasteiger partial charge in [-0.05, 0) is 38.1 Å². The molecule has 4 nitrogen and oxygen atoms in total. The summed E-state index contributed by atoms with van der Waals surface area (Å²) in [5, 5.41) is 10.2. The van der Waals surface area contributed by atoms with Gasteiger partial charge in [0.1, 0.15) is 0 Å². The molecule has 1 aromatic carbocycles. The number of rotatable bonds is 5. The standard InChI is InChI=1S/C17H27N3O/c21-17(14-18-8-4-5-9-18)15-19-10-12-20(13-11-19)16-6-2-1-3-7-16/h1-3,6-7,17,21H,4-5,8-15H2. The fourth-order valence-electron chi connectivity index (χ4n) is 3.45. The van der Waals surface area contributed by atoms with E-state index in [1.807, 2.05) is 0 Å². The Morgan fingerprint density at radius 3 is 2.00 bits per heavy atom. The SMILES string of the molecule is OC(CN1CCCC1)CN1CCN(c2ccccc2)CC1. The third-order valence-corrected chi connectivity index (χ3v) is 4.63. The Morgan fingerprint density at radius 2 is 1.38 bits per heavy atom. The molecule has 0 amide bonds. The van der Waals surface area contributed by atoms with Gasteiger partial charge in [0.05, 0.1) is 6.10 Å². The van der Waals surface area contributed by atoms with Crippen molar-refractivity contribution in [3.8, 4) is 0 Å². The molecular formula is C17H27N3O. The molecule has 0 aromatic heterocycles. The third kappa shape index (κ3) is 4.19. The Morgan fingerprint density at radius 1 is 0.810 bits per heavy atom. The van der Waals surface area contributed by atoms with E-state index in [-0.39, 0.29) is 6.10 Å². The van der Waals surface area contributed by atoms with Crippen molar-refractivity contribution in [2.24, 2.45) is 0 Å². The van der Waals surface area contributed by atoms with Crippen molar-refractivity contribution in [3.05, 3.63) is 30.3 Å². The van der Waals surface area contributed by atoms with Gasteiger partial charge in [-0.3, -0.25) is 4.90 Å². The molecule has 0 spiro atoms. The number of anilines is 1. The Bertz CT molecular complexity index is 411. The topological polar surface area (TPSA) is 30.0 Å². The largest absolute Gasteiger partial charge is 0.390 e. The summed E-state index contributed by atoms with van der Waals surface area (Å²) in [5.74, 6) is 0. The minimum atomic E-state index is -0.202. The van der Waals surface area contributed by atoms with Gasteiger partial charge in [-0.2, -0.15) is 0 Å². The number of likely N-dealkylation sites (tertiary alicyclic amines) is 1. The van der Waals surface area contributed by atoms with E-state index in [1.165, 1.54) is 31.6 Å². The predicted octanol–water partition coefficient (Wildman–Crippen LogP) is 1.27. The van der Waals surface area contributed by atoms with Crippen molar-refractivity contribution in [1.29, 1.82) is 0 Å². The molecule has 21 heavy (non-hydrogen) atoms. The number of hydrogen-bond acceptors (Lipinski definition) is 4. The molecule has 1 N–H and O–H groups in total. The van der Waals surface area contributed by atoms with Gasteiger partial charge in [0.25, 0.3) is 0 Å². The minimum Gasteiger partial charge on any atom is -0.390 e. The monoisotopic (exact) mass is 289 g/mol. The Balaban J connectivity index is 1.41. The van der Waals surface area contributed by atoms with Gasteiger partial charge in [0.2, 0.25) is 0 Å². The smallest absolute Gasteiger partial charge is 0.0793 e. The van der Waals surface area contributed by atoms with Crippen LogP contribution in [0.3, 0.4) is 0 Å². The van der Waals surface area contributed by atoms with E-state index in [9.17, 15) is 5.11 Å². The quantitative estimate of drug-likeness (QED) is 0.884. The lowest BCUT2D eigenvalue weighted by Gasteiger charge is -2.37. The lowest BCUT2D eigenvalue weighted by Crippen LogP contribution is -2.50. The summed E-state index contributed by atoms with van der Waals surface area (Å²) >= 11 is 0. The molecule has 2 heterocycles. The first-order valence-corrected chi connectivity index (χ1v) is 8.24. The van der Waals surface area contributed by atoms with Crippen LogP contribution in [0.5, 0.6) is 0 Å². The predicted molar refractivity (Wildman–Crippen MR) is 86.8 cm³/mol. The van der Waals surface area contributed by atoms with E-state index in [0.717, 1.165) is 39.3 Å². The van der Waals surface area contributed by atoms with Gasteiger partial charge in [-0.25, -0.2) is 0 Å². The lowest BCUT2D eigenvalue weighted by atomic mass is 10.2. The number of hydrogen-bond donors (Lipinski definition) is 1. The maximum atomic E-state index is 10.2. The van der Waals surface area contributed by atoms with Gasteiger partial charge in [0, 0.05) is 45.0 Å². The number of nitrogens with zero attached hydrogens (tertiary/aromatic N) is 3. The van der Waals surface area contributed by atoms with Crippen LogP contribution >= 0.6 is 0 Å². The van der Waals surface area contributed by atoms with Crippen molar-refractivity contribution in [2.45, 2.75) is 18.9 Å². The first-order valence-electron chi connectivity index (χ1n) is 8.24. The molecule has 0 radical (unpaired) electrons. The normalized spacial score (nSPS) is 22.6. The molecule has 0 aliphatic carbocycles. The Kier molecular flexibility index (Phi) is 5.12. The molecule has 2 fully saturated rings. The summed E-state index contributed by atoms with van der Waals surface area (Å²) in [5.41, 5.74) is 1.31. The summed E-state index contributed by atoms with van der Waals surface area (Å²) in [7, 11) is 0. The molecule has 0 saturated carbocycles. The molecule has 3 rings (SSSR count). The summed E-state index contributed by atoms with van der Waals surface area (Å²) in [6.07, 6.45) is 2.39. The van der Waals surface area contributed by atoms with Crippen molar-refractivity contribution in [2.75, 3.05) is 57.3 Å². The summed E-state index contributed by atoms with van der Waals surface area (Å²) in [6.45, 7) is 8.20. The first kappa shape index (κ1) is 14.8. The van der Waals surface area contributed by atoms with Crippen LogP contribution in [0, 0.1) is 0 Å². The molecule has 2 aliphatic heterocycles. The number of aliphatic hydroxyl groups excluding tert-OH is 1. The van der Waals surface area contributed by atoms with Gasteiger partial charge in [-0.1, -0.05) is 18.2 Å². The maximum absolute atomic E-state index is 10.2. The molecule has 1 atom stereocenters. The van der Waals surface area contributed by atoms with Crippen LogP contribution in [-0.4, -0.2) is 73.4 Å². The van der Waals surface area contributed by atoms with Gasteiger partial charge in [-0.15, -0.1) is 0 Å². The molecule has 0 bridgehead atoms. The van der Waals surface area contributed by atoms with E-state index in [4.69, 9.17) is 0 Å². The van der Waals surface area contributed by atoms with Crippen LogP contribution in [0.1, 0.15) is 12.8 Å². The van der Waals surface area contributed by atoms with Crippen LogP contribution < -0.4 is 4.90 Å². The fourth-order valence-corrected chi connectivity index (χ4v) is 3.45. The van der Waals surface area contributed by atoms with E-state index in [2.05, 4.69) is 45.0 Å². The number of β-amino-alcohol motifs (C(OH)–C–C–N with tert-alkyl or cyclic N) is 1. The molecule has 116 valence electrons. The highest BCUT2D eigenvalue weighted by atomic mass is 16.3. The van der Waals surface area contributed by atoms with Crippen LogP contribution in [0.4, 0.5) is 5.69 Å². The molecule has 1 unspecified atom stereocenters. The summed E-state index contributed by atoms with van der Waals surface area (Å²) < 4.78 is 0. The number of piperazine rings is 1. The van der Waals surface area contributed by atoms with Crippen LogP contribution in [0.2, 0.25) is 0 Å². The zero-order chi connectivity index (χ0) is 14.5. The Hall–Kier alpha value is -1.10. The van der Waals surface area contributed by atoms with Crippen molar-refractivity contribution < 1.29 is 5.11 Å². The molecule has 2 aliphatic rings. The van der Waals surface area contributed by atoms with Crippen LogP contribution in [-0.2, 0) is 0 Å². The van der Waals surface area contributed by atoms with E-state index >= 15 is 0 Å². The summed E-state index contributed by atoms with van der Waals surface area (Å²) in [4.78, 5) is 7.23. The highest BCUT2D eigenvalue weighted by Crippen LogP contribution is 2.16. The number of aliphatic hydroxyl groups is 1. The molecule has 1 aromatic rings. The molecule has 2 saturated heterocycles. The van der Waals surface area contributed by atoms with E-state index in [0.29, 0.717) is 0 Å². The average Bonchev–Trinajstić information content (AvgIpc) is 3.02. The van der Waals surface area contributed by atoms with Gasteiger partial charge < -0.3 is 14.9 Å². The second-order valence-electron chi connectivity index (χ2n) is 6.28. The highest BCUT2D eigenvalue weighted by Gasteiger charge is 2.21. The zero-order valence-corrected chi connectivity index (χ0v) is 12.8. The van der Waals surface area contributed by atoms with Crippen molar-refractivity contribution in [3.63, 3.8) is 0 Å². The van der Waals surface area contributed by atoms with E-state index < -0.39 is 0 Å². The van der Waals surface area contributed by atoms with Gasteiger partial charge >= 0.3 is 0 Å². The van der Waals surface area contributed by atoms with Gasteiger partial charge in [0.15, 0.2) is 0 Å². The minimum absolute atomic E-state index is 0.202. The maximum Gasteiger partial charge on any atom is 0.0793 e. The van der Waals surface area contributed by atoms with Crippen molar-refractivity contribution in [1.82, 2.24) is 9.80 Å². The fraction of sp³-hybridized carbons (Fsp3) is 0.647. The first-order chi connectivity index (χ1) is 10.3. The van der Waals surface area contributed by atoms with Crippen molar-refractivity contribution >= 4 is 5.69 Å². The van der Waals surface area contributed by atoms with E-state index in [1.54, 1.807) is 0 Å². The second-order valence-corrected chi connectivity index (χ2v) is 6.28. The van der Waals surface area contributed by atoms with Crippen LogP contribution in [0.25, 0.3) is 0 Å². The highest BCUT2D eigenvalue weighted by molar-refractivity contribution is 5.46. The number of para-hydroxylation sites is 1. The summed E-state index contributed by atoms with van der Waals surface area (Å²) in [6, 6.07) is 10.6. The molecule has 4 heteroatoms.